The van der Waals surface area contributed by atoms with Crippen LogP contribution < -0.4 is 9.47 Å². The van der Waals surface area contributed by atoms with Crippen molar-refractivity contribution >= 4 is 0 Å². The van der Waals surface area contributed by atoms with E-state index in [1.54, 1.807) is 12.1 Å². The molecule has 12 heteroatoms. The van der Waals surface area contributed by atoms with Gasteiger partial charge in [0.25, 0.3) is 0 Å². The van der Waals surface area contributed by atoms with Crippen molar-refractivity contribution in [2.24, 2.45) is 0 Å². The molecule has 0 atom stereocenters. The first-order valence-corrected chi connectivity index (χ1v) is 13.4. The fourth-order valence-electron chi connectivity index (χ4n) is 4.02. The Balaban J connectivity index is 1.49. The minimum atomic E-state index is -5.47. The standard InChI is InChI=1S/C34H20F10O2/c1-2-3-4-20-5-7-21(8-6-20)9-10-23-16-27(35)25(28(36)17-23)13-11-22-12-14-26(29(37)15-22)33(40,41)45-24-18-30(38)32(31(39)19-24)46-34(42,43)44/h5-8,12,14-19H,2-4H2,1H3. The molecule has 2 nitrogen and oxygen atoms in total. The number of aryl methyl sites for hydroxylation is 1. The molecule has 4 aromatic carbocycles. The molecule has 46 heavy (non-hydrogen) atoms. The zero-order valence-electron chi connectivity index (χ0n) is 23.6. The molecular weight excluding hydrogens is 630 g/mol. The van der Waals surface area contributed by atoms with Gasteiger partial charge >= 0.3 is 12.5 Å². The van der Waals surface area contributed by atoms with Crippen molar-refractivity contribution in [3.63, 3.8) is 0 Å². The minimum absolute atomic E-state index is 0.0125. The van der Waals surface area contributed by atoms with Gasteiger partial charge in [-0.1, -0.05) is 49.2 Å². The fraction of sp³-hybridized carbons (Fsp3) is 0.176. The maximum absolute atomic E-state index is 14.7. The van der Waals surface area contributed by atoms with Crippen LogP contribution in [0.25, 0.3) is 0 Å². The molecule has 0 heterocycles. The molecular formula is C34H20F10O2. The third-order valence-corrected chi connectivity index (χ3v) is 6.22. The van der Waals surface area contributed by atoms with Crippen molar-refractivity contribution in [1.82, 2.24) is 0 Å². The Labute approximate surface area is 256 Å². The Morgan fingerprint density at radius 3 is 1.70 bits per heavy atom. The van der Waals surface area contributed by atoms with E-state index in [1.807, 2.05) is 12.1 Å². The van der Waals surface area contributed by atoms with Crippen LogP contribution in [0, 0.1) is 52.8 Å². The van der Waals surface area contributed by atoms with Crippen LogP contribution in [0.3, 0.4) is 0 Å². The number of ether oxygens (including phenoxy) is 2. The topological polar surface area (TPSA) is 18.5 Å². The molecule has 0 saturated carbocycles. The third kappa shape index (κ3) is 8.75. The molecule has 0 unspecified atom stereocenters. The number of unbranched alkanes of at least 4 members (excludes halogenated alkanes) is 1. The van der Waals surface area contributed by atoms with Gasteiger partial charge in [0, 0.05) is 28.8 Å². The first-order valence-electron chi connectivity index (χ1n) is 13.4. The molecule has 0 amide bonds. The van der Waals surface area contributed by atoms with Crippen LogP contribution >= 0.6 is 0 Å². The van der Waals surface area contributed by atoms with E-state index in [0.29, 0.717) is 17.7 Å². The molecule has 0 aliphatic carbocycles. The normalized spacial score (nSPS) is 11.3. The summed E-state index contributed by atoms with van der Waals surface area (Å²) in [5.74, 6) is -1.08. The van der Waals surface area contributed by atoms with Crippen molar-refractivity contribution in [3.8, 4) is 35.2 Å². The lowest BCUT2D eigenvalue weighted by atomic mass is 10.1. The van der Waals surface area contributed by atoms with Crippen LogP contribution in [0.15, 0.2) is 66.7 Å². The molecule has 0 saturated heterocycles. The molecule has 238 valence electrons. The Morgan fingerprint density at radius 2 is 1.13 bits per heavy atom. The van der Waals surface area contributed by atoms with Gasteiger partial charge in [-0.05, 0) is 60.9 Å². The number of halogens is 10. The number of rotatable bonds is 7. The van der Waals surface area contributed by atoms with Crippen LogP contribution in [0.2, 0.25) is 0 Å². The van der Waals surface area contributed by atoms with E-state index in [9.17, 15) is 43.9 Å². The zero-order valence-corrected chi connectivity index (χ0v) is 23.6. The fourth-order valence-corrected chi connectivity index (χ4v) is 4.02. The highest BCUT2D eigenvalue weighted by Gasteiger charge is 2.39. The van der Waals surface area contributed by atoms with Gasteiger partial charge in [0.05, 0.1) is 5.56 Å². The van der Waals surface area contributed by atoms with Crippen LogP contribution in [0.4, 0.5) is 43.9 Å². The highest BCUT2D eigenvalue weighted by atomic mass is 19.4. The van der Waals surface area contributed by atoms with Crippen LogP contribution in [-0.2, 0) is 12.5 Å². The van der Waals surface area contributed by atoms with E-state index in [4.69, 9.17) is 0 Å². The second-order valence-electron chi connectivity index (χ2n) is 9.69. The van der Waals surface area contributed by atoms with Gasteiger partial charge in [0.2, 0.25) is 5.75 Å². The van der Waals surface area contributed by atoms with E-state index in [-0.39, 0.29) is 23.3 Å². The largest absolute Gasteiger partial charge is 0.573 e. The lowest BCUT2D eigenvalue weighted by molar-refractivity contribution is -0.276. The van der Waals surface area contributed by atoms with E-state index in [1.165, 1.54) is 0 Å². The lowest BCUT2D eigenvalue weighted by Gasteiger charge is -2.19. The molecule has 0 bridgehead atoms. The Bertz CT molecular complexity index is 1810. The molecule has 0 fully saturated rings. The molecule has 0 aromatic heterocycles. The first kappa shape index (κ1) is 33.8. The molecule has 4 rings (SSSR count). The Morgan fingerprint density at radius 1 is 0.587 bits per heavy atom. The van der Waals surface area contributed by atoms with Crippen LogP contribution in [0.1, 0.15) is 53.1 Å². The van der Waals surface area contributed by atoms with Crippen molar-refractivity contribution in [2.45, 2.75) is 38.7 Å². The number of benzene rings is 4. The first-order chi connectivity index (χ1) is 21.6. The molecule has 0 radical (unpaired) electrons. The smallest absolute Gasteiger partial charge is 0.429 e. The van der Waals surface area contributed by atoms with E-state index in [2.05, 4.69) is 40.1 Å². The maximum atomic E-state index is 14.7. The SMILES string of the molecule is CCCCc1ccc(C#Cc2cc(F)c(C#Cc3ccc(C(F)(F)Oc4cc(F)c(OC(F)(F)F)c(F)c4)c(F)c3)c(F)c2)cc1. The summed E-state index contributed by atoms with van der Waals surface area (Å²) >= 11 is 0. The van der Waals surface area contributed by atoms with E-state index >= 15 is 0 Å². The van der Waals surface area contributed by atoms with E-state index in [0.717, 1.165) is 43.0 Å². The molecule has 0 N–H and O–H groups in total. The summed E-state index contributed by atoms with van der Waals surface area (Å²) in [4.78, 5) is 0. The van der Waals surface area contributed by atoms with E-state index < -0.39 is 64.2 Å². The zero-order chi connectivity index (χ0) is 33.6. The third-order valence-electron chi connectivity index (χ3n) is 6.22. The van der Waals surface area contributed by atoms with Gasteiger partial charge in [-0.15, -0.1) is 13.2 Å². The monoisotopic (exact) mass is 650 g/mol. The van der Waals surface area contributed by atoms with Crippen LogP contribution in [0.5, 0.6) is 11.5 Å². The summed E-state index contributed by atoms with van der Waals surface area (Å²) < 4.78 is 145. The van der Waals surface area contributed by atoms with Gasteiger partial charge in [0.15, 0.2) is 11.6 Å². The molecule has 4 aromatic rings. The predicted molar refractivity (Wildman–Crippen MR) is 147 cm³/mol. The lowest BCUT2D eigenvalue weighted by Crippen LogP contribution is -2.24. The van der Waals surface area contributed by atoms with Gasteiger partial charge in [0.1, 0.15) is 28.8 Å². The highest BCUT2D eigenvalue weighted by Crippen LogP contribution is 2.37. The maximum Gasteiger partial charge on any atom is 0.573 e. The van der Waals surface area contributed by atoms with Gasteiger partial charge in [-0.3, -0.25) is 0 Å². The average Bonchev–Trinajstić information content (AvgIpc) is 2.96. The summed E-state index contributed by atoms with van der Waals surface area (Å²) in [5.41, 5.74) is -0.608. The molecule has 0 spiro atoms. The quantitative estimate of drug-likeness (QED) is 0.147. The molecule has 0 aliphatic heterocycles. The van der Waals surface area contributed by atoms with Gasteiger partial charge < -0.3 is 9.47 Å². The summed E-state index contributed by atoms with van der Waals surface area (Å²) in [7, 11) is 0. The van der Waals surface area contributed by atoms with Crippen molar-refractivity contribution in [1.29, 1.82) is 0 Å². The average molecular weight is 651 g/mol. The van der Waals surface area contributed by atoms with Crippen LogP contribution in [-0.4, -0.2) is 6.36 Å². The summed E-state index contributed by atoms with van der Waals surface area (Å²) in [6, 6.07) is 11.1. The number of hydrogen-bond donors (Lipinski definition) is 0. The summed E-state index contributed by atoms with van der Waals surface area (Å²) in [5, 5.41) is 0. The Hall–Kier alpha value is -5.10. The van der Waals surface area contributed by atoms with Gasteiger partial charge in [-0.25, -0.2) is 22.0 Å². The number of hydrogen-bond acceptors (Lipinski definition) is 2. The minimum Gasteiger partial charge on any atom is -0.429 e. The Kier molecular flexibility index (Phi) is 10.2. The predicted octanol–water partition coefficient (Wildman–Crippen LogP) is 9.55. The number of alkyl halides is 5. The van der Waals surface area contributed by atoms with Crippen molar-refractivity contribution in [2.75, 3.05) is 0 Å². The second-order valence-corrected chi connectivity index (χ2v) is 9.69. The van der Waals surface area contributed by atoms with Crippen molar-refractivity contribution < 1.29 is 53.4 Å². The van der Waals surface area contributed by atoms with Crippen molar-refractivity contribution in [3.05, 3.63) is 129 Å². The summed E-state index contributed by atoms with van der Waals surface area (Å²) in [6.45, 7) is 2.09. The summed E-state index contributed by atoms with van der Waals surface area (Å²) in [6.07, 6.45) is -7.02. The van der Waals surface area contributed by atoms with Gasteiger partial charge in [-0.2, -0.15) is 8.78 Å². The highest BCUT2D eigenvalue weighted by molar-refractivity contribution is 5.50. The molecule has 0 aliphatic rings. The second kappa shape index (κ2) is 13.9.